The summed E-state index contributed by atoms with van der Waals surface area (Å²) >= 11 is 6.01. The van der Waals surface area contributed by atoms with Crippen LogP contribution in [0.5, 0.6) is 0 Å². The summed E-state index contributed by atoms with van der Waals surface area (Å²) in [6.07, 6.45) is 0. The zero-order valence-electron chi connectivity index (χ0n) is 8.77. The van der Waals surface area contributed by atoms with Crippen LogP contribution >= 0.6 is 11.6 Å². The molecule has 0 fully saturated rings. The quantitative estimate of drug-likeness (QED) is 0.810. The Hall–Kier alpha value is -1.10. The molecular formula is C11H13ClN2O2. The number of ether oxygens (including phenoxy) is 1. The smallest absolute Gasteiger partial charge is 0.158 e. The molecule has 0 radical (unpaired) electrons. The number of para-hydroxylation sites is 1. The van der Waals surface area contributed by atoms with Gasteiger partial charge >= 0.3 is 0 Å². The predicted octanol–water partition coefficient (Wildman–Crippen LogP) is 1.70. The zero-order chi connectivity index (χ0) is 11.4. The number of hydrogen-bond acceptors (Lipinski definition) is 3. The molecule has 5 heteroatoms. The average molecular weight is 241 g/mol. The SMILES string of the molecule is OCCOCCn1nc(Cl)c2ccccc21. The van der Waals surface area contributed by atoms with Crippen LogP contribution in [0.2, 0.25) is 5.15 Å². The second-order valence-corrected chi connectivity index (χ2v) is 3.73. The van der Waals surface area contributed by atoms with Crippen molar-refractivity contribution in [2.24, 2.45) is 0 Å². The zero-order valence-corrected chi connectivity index (χ0v) is 9.52. The first-order valence-electron chi connectivity index (χ1n) is 5.12. The molecule has 1 N–H and O–H groups in total. The first kappa shape index (κ1) is 11.4. The van der Waals surface area contributed by atoms with Crippen molar-refractivity contribution in [3.05, 3.63) is 29.4 Å². The van der Waals surface area contributed by atoms with Crippen LogP contribution in [0.25, 0.3) is 10.9 Å². The lowest BCUT2D eigenvalue weighted by Crippen LogP contribution is -2.09. The van der Waals surface area contributed by atoms with E-state index in [4.69, 9.17) is 21.4 Å². The Bertz CT molecular complexity index is 470. The molecule has 0 saturated heterocycles. The van der Waals surface area contributed by atoms with Gasteiger partial charge in [-0.15, -0.1) is 0 Å². The number of aliphatic hydroxyl groups excluding tert-OH is 1. The molecule has 16 heavy (non-hydrogen) atoms. The predicted molar refractivity (Wildman–Crippen MR) is 62.6 cm³/mol. The molecule has 1 aromatic carbocycles. The van der Waals surface area contributed by atoms with Crippen LogP contribution in [0, 0.1) is 0 Å². The van der Waals surface area contributed by atoms with Crippen LogP contribution in [-0.4, -0.2) is 34.7 Å². The van der Waals surface area contributed by atoms with Crippen LogP contribution in [0.1, 0.15) is 0 Å². The monoisotopic (exact) mass is 240 g/mol. The van der Waals surface area contributed by atoms with Gasteiger partial charge in [0, 0.05) is 5.39 Å². The van der Waals surface area contributed by atoms with E-state index in [-0.39, 0.29) is 6.61 Å². The second-order valence-electron chi connectivity index (χ2n) is 3.37. The fourth-order valence-corrected chi connectivity index (χ4v) is 1.83. The maximum Gasteiger partial charge on any atom is 0.158 e. The summed E-state index contributed by atoms with van der Waals surface area (Å²) in [5.74, 6) is 0. The highest BCUT2D eigenvalue weighted by Crippen LogP contribution is 2.21. The normalized spacial score (nSPS) is 11.1. The molecule has 0 spiro atoms. The van der Waals surface area contributed by atoms with E-state index in [2.05, 4.69) is 5.10 Å². The minimum absolute atomic E-state index is 0.0423. The van der Waals surface area contributed by atoms with Gasteiger partial charge in [-0.25, -0.2) is 0 Å². The number of rotatable bonds is 5. The number of nitrogens with zero attached hydrogens (tertiary/aromatic N) is 2. The Morgan fingerprint density at radius 3 is 2.94 bits per heavy atom. The summed E-state index contributed by atoms with van der Waals surface area (Å²) in [6, 6.07) is 7.80. The molecule has 1 aromatic heterocycles. The van der Waals surface area contributed by atoms with E-state index in [0.29, 0.717) is 24.9 Å². The first-order chi connectivity index (χ1) is 7.83. The van der Waals surface area contributed by atoms with E-state index in [1.54, 1.807) is 0 Å². The van der Waals surface area contributed by atoms with Crippen molar-refractivity contribution >= 4 is 22.5 Å². The molecule has 0 unspecified atom stereocenters. The third-order valence-corrected chi connectivity index (χ3v) is 2.58. The highest BCUT2D eigenvalue weighted by Gasteiger charge is 2.06. The Balaban J connectivity index is 2.12. The van der Waals surface area contributed by atoms with Gasteiger partial charge in [0.1, 0.15) is 0 Å². The lowest BCUT2D eigenvalue weighted by Gasteiger charge is -2.03. The number of aliphatic hydroxyl groups is 1. The largest absolute Gasteiger partial charge is 0.394 e. The summed E-state index contributed by atoms with van der Waals surface area (Å²) in [6.45, 7) is 1.54. The molecule has 86 valence electrons. The average Bonchev–Trinajstić information content (AvgIpc) is 2.63. The van der Waals surface area contributed by atoms with Crippen molar-refractivity contribution in [2.45, 2.75) is 6.54 Å². The number of hydrogen-bond donors (Lipinski definition) is 1. The van der Waals surface area contributed by atoms with Crippen LogP contribution in [0.15, 0.2) is 24.3 Å². The summed E-state index contributed by atoms with van der Waals surface area (Å²) < 4.78 is 7.01. The van der Waals surface area contributed by atoms with E-state index in [1.807, 2.05) is 28.9 Å². The van der Waals surface area contributed by atoms with Crippen molar-refractivity contribution < 1.29 is 9.84 Å². The molecule has 0 saturated carbocycles. The number of aromatic nitrogens is 2. The van der Waals surface area contributed by atoms with E-state index in [1.165, 1.54) is 0 Å². The van der Waals surface area contributed by atoms with Gasteiger partial charge in [-0.3, -0.25) is 4.68 Å². The second kappa shape index (κ2) is 5.30. The van der Waals surface area contributed by atoms with Crippen molar-refractivity contribution in [2.75, 3.05) is 19.8 Å². The molecular weight excluding hydrogens is 228 g/mol. The molecule has 2 rings (SSSR count). The molecule has 0 aliphatic carbocycles. The van der Waals surface area contributed by atoms with Gasteiger partial charge in [0.05, 0.1) is 31.9 Å². The summed E-state index contributed by atoms with van der Waals surface area (Å²) in [5.41, 5.74) is 1.00. The lowest BCUT2D eigenvalue weighted by molar-refractivity contribution is 0.0860. The van der Waals surface area contributed by atoms with Crippen molar-refractivity contribution in [1.82, 2.24) is 9.78 Å². The van der Waals surface area contributed by atoms with Gasteiger partial charge in [0.2, 0.25) is 0 Å². The number of benzene rings is 1. The number of fused-ring (bicyclic) bond motifs is 1. The van der Waals surface area contributed by atoms with Crippen molar-refractivity contribution in [3.63, 3.8) is 0 Å². The van der Waals surface area contributed by atoms with Crippen molar-refractivity contribution in [1.29, 1.82) is 0 Å². The Kier molecular flexibility index (Phi) is 3.77. The maximum atomic E-state index is 8.57. The Morgan fingerprint density at radius 1 is 1.31 bits per heavy atom. The first-order valence-corrected chi connectivity index (χ1v) is 5.50. The summed E-state index contributed by atoms with van der Waals surface area (Å²) in [7, 11) is 0. The van der Waals surface area contributed by atoms with Gasteiger partial charge in [-0.1, -0.05) is 23.7 Å². The molecule has 0 atom stereocenters. The summed E-state index contributed by atoms with van der Waals surface area (Å²) in [5, 5.41) is 14.3. The Morgan fingerprint density at radius 2 is 2.12 bits per heavy atom. The van der Waals surface area contributed by atoms with Gasteiger partial charge in [0.15, 0.2) is 5.15 Å². The van der Waals surface area contributed by atoms with E-state index in [0.717, 1.165) is 10.9 Å². The topological polar surface area (TPSA) is 47.3 Å². The van der Waals surface area contributed by atoms with E-state index >= 15 is 0 Å². The van der Waals surface area contributed by atoms with Crippen LogP contribution < -0.4 is 0 Å². The standard InChI is InChI=1S/C11H13ClN2O2/c12-11-9-3-1-2-4-10(9)14(13-11)5-7-16-8-6-15/h1-4,15H,5-8H2. The highest BCUT2D eigenvalue weighted by molar-refractivity contribution is 6.34. The van der Waals surface area contributed by atoms with Crippen LogP contribution in [-0.2, 0) is 11.3 Å². The van der Waals surface area contributed by atoms with Gasteiger partial charge < -0.3 is 9.84 Å². The van der Waals surface area contributed by atoms with Gasteiger partial charge in [-0.05, 0) is 12.1 Å². The molecule has 0 aliphatic heterocycles. The molecule has 0 bridgehead atoms. The minimum Gasteiger partial charge on any atom is -0.394 e. The maximum absolute atomic E-state index is 8.57. The molecule has 1 heterocycles. The minimum atomic E-state index is 0.0423. The third-order valence-electron chi connectivity index (χ3n) is 2.30. The molecule has 4 nitrogen and oxygen atoms in total. The summed E-state index contributed by atoms with van der Waals surface area (Å²) in [4.78, 5) is 0. The number of halogens is 1. The fraction of sp³-hybridized carbons (Fsp3) is 0.364. The van der Waals surface area contributed by atoms with Crippen molar-refractivity contribution in [3.8, 4) is 0 Å². The van der Waals surface area contributed by atoms with Gasteiger partial charge in [0.25, 0.3) is 0 Å². The molecule has 0 aliphatic rings. The van der Waals surface area contributed by atoms with Crippen LogP contribution in [0.4, 0.5) is 0 Å². The third kappa shape index (κ3) is 2.35. The van der Waals surface area contributed by atoms with Gasteiger partial charge in [-0.2, -0.15) is 5.10 Å². The van der Waals surface area contributed by atoms with E-state index in [9.17, 15) is 0 Å². The highest BCUT2D eigenvalue weighted by atomic mass is 35.5. The fourth-order valence-electron chi connectivity index (χ4n) is 1.57. The van der Waals surface area contributed by atoms with Crippen LogP contribution in [0.3, 0.4) is 0 Å². The Labute approximate surface area is 98.4 Å². The lowest BCUT2D eigenvalue weighted by atomic mass is 10.2. The molecule has 0 amide bonds. The van der Waals surface area contributed by atoms with E-state index < -0.39 is 0 Å². The molecule has 2 aromatic rings.